The Kier molecular flexibility index (Phi) is 3.02. The fraction of sp³-hybridized carbons (Fsp3) is 0.0769. The molecule has 0 aliphatic carbocycles. The Morgan fingerprint density at radius 3 is 2.50 bits per heavy atom. The fourth-order valence-electron chi connectivity index (χ4n) is 1.45. The zero-order chi connectivity index (χ0) is 11.5. The lowest BCUT2D eigenvalue weighted by atomic mass is 10.2. The number of benzene rings is 2. The number of anilines is 3. The molecule has 0 spiro atoms. The third-order valence-corrected chi connectivity index (χ3v) is 2.75. The van der Waals surface area contributed by atoms with E-state index in [1.165, 1.54) is 0 Å². The van der Waals surface area contributed by atoms with Crippen molar-refractivity contribution in [2.24, 2.45) is 0 Å². The Bertz CT molecular complexity index is 509. The summed E-state index contributed by atoms with van der Waals surface area (Å²) in [4.78, 5) is 0. The Hall–Kier alpha value is -1.67. The van der Waals surface area contributed by atoms with Crippen LogP contribution in [-0.4, -0.2) is 0 Å². The van der Waals surface area contributed by atoms with E-state index in [2.05, 4.69) is 5.32 Å². The van der Waals surface area contributed by atoms with Crippen molar-refractivity contribution in [2.75, 3.05) is 11.1 Å². The highest BCUT2D eigenvalue weighted by Gasteiger charge is 1.98. The monoisotopic (exact) mass is 232 g/mol. The molecule has 0 heterocycles. The van der Waals surface area contributed by atoms with Gasteiger partial charge in [0.2, 0.25) is 0 Å². The van der Waals surface area contributed by atoms with Crippen LogP contribution in [0.3, 0.4) is 0 Å². The number of halogens is 1. The molecule has 0 amide bonds. The first kappa shape index (κ1) is 10.8. The zero-order valence-corrected chi connectivity index (χ0v) is 9.75. The van der Waals surface area contributed by atoms with E-state index in [0.717, 1.165) is 27.6 Å². The van der Waals surface area contributed by atoms with Gasteiger partial charge < -0.3 is 11.1 Å². The van der Waals surface area contributed by atoms with Gasteiger partial charge in [-0.2, -0.15) is 0 Å². The lowest BCUT2D eigenvalue weighted by molar-refractivity contribution is 1.45. The molecule has 0 radical (unpaired) electrons. The van der Waals surface area contributed by atoms with E-state index < -0.39 is 0 Å². The van der Waals surface area contributed by atoms with Gasteiger partial charge in [-0.1, -0.05) is 23.7 Å². The average Bonchev–Trinajstić information content (AvgIpc) is 2.24. The Balaban J connectivity index is 2.24. The third-order valence-electron chi connectivity index (χ3n) is 2.35. The van der Waals surface area contributed by atoms with E-state index in [-0.39, 0.29) is 0 Å². The number of aryl methyl sites for hydroxylation is 1. The maximum absolute atomic E-state index is 6.05. The van der Waals surface area contributed by atoms with Crippen molar-refractivity contribution in [1.29, 1.82) is 0 Å². The van der Waals surface area contributed by atoms with Crippen molar-refractivity contribution >= 4 is 28.7 Å². The van der Waals surface area contributed by atoms with Gasteiger partial charge in [0.25, 0.3) is 0 Å². The standard InChI is InChI=1S/C13H13ClN2/c1-9-5-6-12(8-13(9)14)16-11-4-2-3-10(15)7-11/h2-8,16H,15H2,1H3. The molecule has 0 saturated carbocycles. The van der Waals surface area contributed by atoms with Gasteiger partial charge in [0.05, 0.1) is 0 Å². The number of nitrogen functional groups attached to an aromatic ring is 1. The molecule has 0 aromatic heterocycles. The van der Waals surface area contributed by atoms with Gasteiger partial charge >= 0.3 is 0 Å². The first-order chi connectivity index (χ1) is 7.65. The molecule has 82 valence electrons. The molecule has 0 saturated heterocycles. The average molecular weight is 233 g/mol. The van der Waals surface area contributed by atoms with Crippen molar-refractivity contribution in [3.8, 4) is 0 Å². The van der Waals surface area contributed by atoms with Gasteiger partial charge in [0.1, 0.15) is 0 Å². The smallest absolute Gasteiger partial charge is 0.0455 e. The second-order valence-corrected chi connectivity index (χ2v) is 4.12. The van der Waals surface area contributed by atoms with Gasteiger partial charge in [-0.05, 0) is 42.8 Å². The highest BCUT2D eigenvalue weighted by Crippen LogP contribution is 2.23. The first-order valence-corrected chi connectivity index (χ1v) is 5.42. The molecule has 0 unspecified atom stereocenters. The van der Waals surface area contributed by atoms with E-state index in [9.17, 15) is 0 Å². The molecule has 2 aromatic carbocycles. The zero-order valence-electron chi connectivity index (χ0n) is 9.00. The number of hydrogen-bond donors (Lipinski definition) is 2. The number of nitrogens with one attached hydrogen (secondary N) is 1. The van der Waals surface area contributed by atoms with E-state index in [0.29, 0.717) is 0 Å². The summed E-state index contributed by atoms with van der Waals surface area (Å²) in [5, 5.41) is 4.01. The minimum absolute atomic E-state index is 0.739. The van der Waals surface area contributed by atoms with Crippen molar-refractivity contribution in [3.05, 3.63) is 53.1 Å². The molecule has 16 heavy (non-hydrogen) atoms. The predicted molar refractivity (Wildman–Crippen MR) is 70.3 cm³/mol. The summed E-state index contributed by atoms with van der Waals surface area (Å²) < 4.78 is 0. The molecular weight excluding hydrogens is 220 g/mol. The fourth-order valence-corrected chi connectivity index (χ4v) is 1.63. The molecule has 2 aromatic rings. The molecular formula is C13H13ClN2. The summed E-state index contributed by atoms with van der Waals surface area (Å²) >= 11 is 6.05. The van der Waals surface area contributed by atoms with Gasteiger partial charge in [-0.15, -0.1) is 0 Å². The van der Waals surface area contributed by atoms with Gasteiger partial charge in [-0.3, -0.25) is 0 Å². The highest BCUT2D eigenvalue weighted by atomic mass is 35.5. The number of hydrogen-bond acceptors (Lipinski definition) is 2. The van der Waals surface area contributed by atoms with Crippen LogP contribution in [0.4, 0.5) is 17.1 Å². The molecule has 2 nitrogen and oxygen atoms in total. The van der Waals surface area contributed by atoms with Crippen LogP contribution in [0.25, 0.3) is 0 Å². The third kappa shape index (κ3) is 2.47. The minimum Gasteiger partial charge on any atom is -0.399 e. The molecule has 3 heteroatoms. The van der Waals surface area contributed by atoms with Gasteiger partial charge in [-0.25, -0.2) is 0 Å². The Labute approximate surface area is 100 Å². The molecule has 0 aliphatic rings. The van der Waals surface area contributed by atoms with Crippen molar-refractivity contribution < 1.29 is 0 Å². The maximum atomic E-state index is 6.05. The Morgan fingerprint density at radius 1 is 1.06 bits per heavy atom. The maximum Gasteiger partial charge on any atom is 0.0455 e. The summed E-state index contributed by atoms with van der Waals surface area (Å²) in [6, 6.07) is 13.5. The number of nitrogens with two attached hydrogens (primary N) is 1. The van der Waals surface area contributed by atoms with Crippen LogP contribution in [0.5, 0.6) is 0 Å². The molecule has 0 bridgehead atoms. The van der Waals surface area contributed by atoms with E-state index in [4.69, 9.17) is 17.3 Å². The second kappa shape index (κ2) is 4.45. The van der Waals surface area contributed by atoms with Crippen LogP contribution in [-0.2, 0) is 0 Å². The number of rotatable bonds is 2. The van der Waals surface area contributed by atoms with Crippen molar-refractivity contribution in [3.63, 3.8) is 0 Å². The van der Waals surface area contributed by atoms with E-state index >= 15 is 0 Å². The first-order valence-electron chi connectivity index (χ1n) is 5.04. The van der Waals surface area contributed by atoms with Crippen LogP contribution in [0.15, 0.2) is 42.5 Å². The van der Waals surface area contributed by atoms with Crippen molar-refractivity contribution in [2.45, 2.75) is 6.92 Å². The molecule has 0 atom stereocenters. The minimum atomic E-state index is 0.739. The summed E-state index contributed by atoms with van der Waals surface area (Å²) in [5.74, 6) is 0. The summed E-state index contributed by atoms with van der Waals surface area (Å²) in [7, 11) is 0. The Morgan fingerprint density at radius 2 is 1.81 bits per heavy atom. The van der Waals surface area contributed by atoms with Crippen molar-refractivity contribution in [1.82, 2.24) is 0 Å². The molecule has 0 fully saturated rings. The van der Waals surface area contributed by atoms with Gasteiger partial charge in [0.15, 0.2) is 0 Å². The van der Waals surface area contributed by atoms with E-state index in [1.807, 2.05) is 49.4 Å². The normalized spacial score (nSPS) is 10.1. The quantitative estimate of drug-likeness (QED) is 0.769. The topological polar surface area (TPSA) is 38.0 Å². The molecule has 2 rings (SSSR count). The lowest BCUT2D eigenvalue weighted by Gasteiger charge is -2.08. The predicted octanol–water partition coefficient (Wildman–Crippen LogP) is 3.97. The van der Waals surface area contributed by atoms with Crippen LogP contribution < -0.4 is 11.1 Å². The summed E-state index contributed by atoms with van der Waals surface area (Å²) in [6.45, 7) is 1.98. The molecule has 0 aliphatic heterocycles. The van der Waals surface area contributed by atoms with Crippen LogP contribution >= 0.6 is 11.6 Å². The summed E-state index contributed by atoms with van der Waals surface area (Å²) in [6.07, 6.45) is 0. The van der Waals surface area contributed by atoms with Crippen LogP contribution in [0.1, 0.15) is 5.56 Å². The van der Waals surface area contributed by atoms with Gasteiger partial charge in [0, 0.05) is 22.1 Å². The van der Waals surface area contributed by atoms with Crippen LogP contribution in [0.2, 0.25) is 5.02 Å². The highest BCUT2D eigenvalue weighted by molar-refractivity contribution is 6.31. The lowest BCUT2D eigenvalue weighted by Crippen LogP contribution is -1.92. The largest absolute Gasteiger partial charge is 0.399 e. The van der Waals surface area contributed by atoms with E-state index in [1.54, 1.807) is 0 Å². The summed E-state index contributed by atoms with van der Waals surface area (Å²) in [5.41, 5.74) is 9.43. The second-order valence-electron chi connectivity index (χ2n) is 3.71. The molecule has 3 N–H and O–H groups in total. The van der Waals surface area contributed by atoms with Crippen LogP contribution in [0, 0.1) is 6.92 Å². The SMILES string of the molecule is Cc1ccc(Nc2cccc(N)c2)cc1Cl.